The van der Waals surface area contributed by atoms with Gasteiger partial charge in [0, 0.05) is 25.0 Å². The maximum atomic E-state index is 12.1. The molecule has 154 valence electrons. The quantitative estimate of drug-likeness (QED) is 0.447. The molecule has 7 nitrogen and oxygen atoms in total. The van der Waals surface area contributed by atoms with Crippen molar-refractivity contribution in [3.05, 3.63) is 87.3 Å². The number of hydrogen-bond acceptors (Lipinski definition) is 7. The Labute approximate surface area is 179 Å². The van der Waals surface area contributed by atoms with Gasteiger partial charge in [0.2, 0.25) is 5.95 Å². The molecule has 1 fully saturated rings. The Bertz CT molecular complexity index is 1290. The van der Waals surface area contributed by atoms with Crippen molar-refractivity contribution >= 4 is 28.8 Å². The lowest BCUT2D eigenvalue weighted by Crippen LogP contribution is -2.41. The Morgan fingerprint density at radius 2 is 1.58 bits per heavy atom. The molecule has 1 heterocycles. The fraction of sp³-hybridized carbons (Fsp3) is 0.167. The molecule has 0 amide bonds. The Balaban J connectivity index is 1.32. The van der Waals surface area contributed by atoms with E-state index in [9.17, 15) is 9.59 Å². The Kier molecular flexibility index (Phi) is 4.71. The first kappa shape index (κ1) is 19.0. The SMILES string of the molecule is CN(c1c(Nc2ccnc(Nc3ccc(-c4ccccc4)cc3)n2)c(=O)c1=O)C1CC1. The topological polar surface area (TPSA) is 87.2 Å². The molecule has 1 aliphatic rings. The molecule has 0 radical (unpaired) electrons. The fourth-order valence-electron chi connectivity index (χ4n) is 3.60. The second-order valence-corrected chi connectivity index (χ2v) is 7.68. The Morgan fingerprint density at radius 1 is 0.871 bits per heavy atom. The van der Waals surface area contributed by atoms with E-state index in [2.05, 4.69) is 32.7 Å². The van der Waals surface area contributed by atoms with Gasteiger partial charge in [-0.1, -0.05) is 42.5 Å². The van der Waals surface area contributed by atoms with Gasteiger partial charge in [0.15, 0.2) is 0 Å². The van der Waals surface area contributed by atoms with Crippen molar-refractivity contribution in [1.82, 2.24) is 9.97 Å². The van der Waals surface area contributed by atoms with Crippen molar-refractivity contribution in [1.29, 1.82) is 0 Å². The third-order valence-electron chi connectivity index (χ3n) is 5.49. The molecule has 4 aromatic rings. The number of aromatic nitrogens is 2. The molecule has 1 aliphatic carbocycles. The smallest absolute Gasteiger partial charge is 0.253 e. The average molecular weight is 411 g/mol. The third-order valence-corrected chi connectivity index (χ3v) is 5.49. The van der Waals surface area contributed by atoms with E-state index in [-0.39, 0.29) is 0 Å². The first-order valence-electron chi connectivity index (χ1n) is 10.2. The lowest BCUT2D eigenvalue weighted by Gasteiger charge is -2.23. The molecule has 0 unspecified atom stereocenters. The molecule has 31 heavy (non-hydrogen) atoms. The van der Waals surface area contributed by atoms with E-state index in [0.717, 1.165) is 29.7 Å². The molecule has 0 saturated heterocycles. The van der Waals surface area contributed by atoms with Crippen LogP contribution in [0.5, 0.6) is 0 Å². The number of nitrogens with one attached hydrogen (secondary N) is 2. The van der Waals surface area contributed by atoms with E-state index in [4.69, 9.17) is 0 Å². The second kappa shape index (κ2) is 7.68. The largest absolute Gasteiger partial charge is 0.367 e. The van der Waals surface area contributed by atoms with Gasteiger partial charge in [-0.15, -0.1) is 0 Å². The summed E-state index contributed by atoms with van der Waals surface area (Å²) in [5.41, 5.74) is 2.91. The normalized spacial score (nSPS) is 13.2. The van der Waals surface area contributed by atoms with Gasteiger partial charge in [-0.25, -0.2) is 4.98 Å². The number of hydrogen-bond donors (Lipinski definition) is 2. The van der Waals surface area contributed by atoms with Crippen LogP contribution in [0.15, 0.2) is 76.4 Å². The molecule has 7 heteroatoms. The maximum Gasteiger partial charge on any atom is 0.253 e. The van der Waals surface area contributed by atoms with Crippen molar-refractivity contribution in [3.8, 4) is 11.1 Å². The molecule has 0 bridgehead atoms. The predicted octanol–water partition coefficient (Wildman–Crippen LogP) is 3.83. The molecule has 0 spiro atoms. The van der Waals surface area contributed by atoms with Crippen molar-refractivity contribution in [2.75, 3.05) is 22.6 Å². The summed E-state index contributed by atoms with van der Waals surface area (Å²) in [4.78, 5) is 34.7. The van der Waals surface area contributed by atoms with Gasteiger partial charge in [0.25, 0.3) is 10.9 Å². The zero-order valence-corrected chi connectivity index (χ0v) is 17.0. The van der Waals surface area contributed by atoms with Crippen LogP contribution in [-0.2, 0) is 0 Å². The van der Waals surface area contributed by atoms with Gasteiger partial charge in [-0.3, -0.25) is 9.59 Å². The van der Waals surface area contributed by atoms with Gasteiger partial charge in [0.05, 0.1) is 0 Å². The lowest BCUT2D eigenvalue weighted by molar-refractivity contribution is 0.904. The summed E-state index contributed by atoms with van der Waals surface area (Å²) in [5.74, 6) is 0.851. The monoisotopic (exact) mass is 411 g/mol. The van der Waals surface area contributed by atoms with E-state index in [1.165, 1.54) is 0 Å². The highest BCUT2D eigenvalue weighted by atomic mass is 16.2. The maximum absolute atomic E-state index is 12.1. The van der Waals surface area contributed by atoms with E-state index < -0.39 is 10.9 Å². The van der Waals surface area contributed by atoms with Crippen LogP contribution in [-0.4, -0.2) is 23.1 Å². The highest BCUT2D eigenvalue weighted by Crippen LogP contribution is 2.33. The summed E-state index contributed by atoms with van der Waals surface area (Å²) in [6.45, 7) is 0. The van der Waals surface area contributed by atoms with Crippen LogP contribution in [0.3, 0.4) is 0 Å². The van der Waals surface area contributed by atoms with E-state index in [1.54, 1.807) is 12.3 Å². The van der Waals surface area contributed by atoms with Gasteiger partial charge >= 0.3 is 0 Å². The number of rotatable bonds is 7. The summed E-state index contributed by atoms with van der Waals surface area (Å²) >= 11 is 0. The molecule has 5 rings (SSSR count). The van der Waals surface area contributed by atoms with E-state index in [0.29, 0.717) is 29.2 Å². The van der Waals surface area contributed by atoms with Crippen LogP contribution in [0.1, 0.15) is 12.8 Å². The summed E-state index contributed by atoms with van der Waals surface area (Å²) in [6, 6.07) is 20.1. The average Bonchev–Trinajstić information content (AvgIpc) is 3.65. The van der Waals surface area contributed by atoms with Crippen molar-refractivity contribution < 1.29 is 0 Å². The predicted molar refractivity (Wildman–Crippen MR) is 123 cm³/mol. The van der Waals surface area contributed by atoms with Gasteiger partial charge < -0.3 is 15.5 Å². The number of anilines is 5. The molecule has 1 saturated carbocycles. The minimum atomic E-state index is -0.507. The van der Waals surface area contributed by atoms with Crippen LogP contribution in [0.25, 0.3) is 11.1 Å². The summed E-state index contributed by atoms with van der Waals surface area (Å²) in [7, 11) is 1.85. The molecular weight excluding hydrogens is 390 g/mol. The molecule has 3 aromatic carbocycles. The van der Waals surface area contributed by atoms with Crippen LogP contribution >= 0.6 is 0 Å². The highest BCUT2D eigenvalue weighted by Gasteiger charge is 2.33. The Hall–Kier alpha value is -4.00. The second-order valence-electron chi connectivity index (χ2n) is 7.68. The van der Waals surface area contributed by atoms with Gasteiger partial charge in [-0.05, 0) is 42.2 Å². The number of nitrogens with zero attached hydrogens (tertiary/aromatic N) is 3. The molecule has 1 aromatic heterocycles. The van der Waals surface area contributed by atoms with E-state index >= 15 is 0 Å². The minimum absolute atomic E-state index is 0.302. The highest BCUT2D eigenvalue weighted by molar-refractivity contribution is 5.79. The zero-order valence-electron chi connectivity index (χ0n) is 17.0. The Morgan fingerprint density at radius 3 is 2.29 bits per heavy atom. The first-order chi connectivity index (χ1) is 15.1. The van der Waals surface area contributed by atoms with Crippen molar-refractivity contribution in [2.24, 2.45) is 0 Å². The van der Waals surface area contributed by atoms with Crippen LogP contribution in [0, 0.1) is 0 Å². The fourth-order valence-corrected chi connectivity index (χ4v) is 3.60. The minimum Gasteiger partial charge on any atom is -0.367 e. The molecular formula is C24H21N5O2. The first-order valence-corrected chi connectivity index (χ1v) is 10.2. The van der Waals surface area contributed by atoms with Gasteiger partial charge in [0.1, 0.15) is 17.2 Å². The standard InChI is InChI=1S/C24H21N5O2/c1-29(18-11-12-18)21-20(22(30)23(21)31)27-19-13-14-25-24(28-19)26-17-9-7-16(8-10-17)15-5-3-2-4-6-15/h2-10,13-14,18H,11-12H2,1H3,(H2,25,26,27,28). The van der Waals surface area contributed by atoms with Crippen LogP contribution < -0.4 is 26.4 Å². The van der Waals surface area contributed by atoms with Crippen LogP contribution in [0.2, 0.25) is 0 Å². The molecule has 2 N–H and O–H groups in total. The summed E-state index contributed by atoms with van der Waals surface area (Å²) in [5, 5.41) is 6.18. The van der Waals surface area contributed by atoms with Gasteiger partial charge in [-0.2, -0.15) is 4.98 Å². The lowest BCUT2D eigenvalue weighted by atomic mass is 10.1. The van der Waals surface area contributed by atoms with E-state index in [1.807, 2.05) is 54.4 Å². The number of benzene rings is 2. The summed E-state index contributed by atoms with van der Waals surface area (Å²) < 4.78 is 0. The van der Waals surface area contributed by atoms with Crippen molar-refractivity contribution in [3.63, 3.8) is 0 Å². The molecule has 0 atom stereocenters. The summed E-state index contributed by atoms with van der Waals surface area (Å²) in [6.07, 6.45) is 3.69. The van der Waals surface area contributed by atoms with Crippen molar-refractivity contribution in [2.45, 2.75) is 18.9 Å². The third kappa shape index (κ3) is 3.77. The molecule has 0 aliphatic heterocycles. The zero-order chi connectivity index (χ0) is 21.4. The van der Waals surface area contributed by atoms with Crippen LogP contribution in [0.4, 0.5) is 28.8 Å².